The minimum atomic E-state index is -3.23. The minimum Gasteiger partial charge on any atom is -0.377 e. The number of sulfone groups is 1. The van der Waals surface area contributed by atoms with E-state index < -0.39 is 9.84 Å². The summed E-state index contributed by atoms with van der Waals surface area (Å²) >= 11 is 0. The summed E-state index contributed by atoms with van der Waals surface area (Å²) in [5, 5.41) is 15.2. The summed E-state index contributed by atoms with van der Waals surface area (Å²) in [5.41, 5.74) is 5.33. The number of anilines is 1. The van der Waals surface area contributed by atoms with Gasteiger partial charge in [0, 0.05) is 11.9 Å². The zero-order chi connectivity index (χ0) is 18.9. The molecule has 1 N–H and O–H groups in total. The summed E-state index contributed by atoms with van der Waals surface area (Å²) in [6.07, 6.45) is 1.18. The van der Waals surface area contributed by atoms with E-state index in [1.54, 1.807) is 28.9 Å². The van der Waals surface area contributed by atoms with Crippen LogP contribution >= 0.6 is 0 Å². The van der Waals surface area contributed by atoms with Crippen molar-refractivity contribution in [3.63, 3.8) is 0 Å². The third kappa shape index (κ3) is 3.75. The number of tetrazole rings is 1. The van der Waals surface area contributed by atoms with E-state index >= 15 is 0 Å². The van der Waals surface area contributed by atoms with Crippen molar-refractivity contribution in [3.05, 3.63) is 58.9 Å². The first-order chi connectivity index (χ1) is 12.3. The van der Waals surface area contributed by atoms with Crippen LogP contribution in [0.15, 0.2) is 41.3 Å². The normalized spacial score (nSPS) is 11.5. The highest BCUT2D eigenvalue weighted by Gasteiger charge is 2.12. The first-order valence-corrected chi connectivity index (χ1v) is 10.0. The fourth-order valence-corrected chi connectivity index (χ4v) is 3.61. The first-order valence-electron chi connectivity index (χ1n) is 8.15. The SMILES string of the molecule is Cc1cc(C)c(NCc2nnnn2-c2ccc(S(C)(=O)=O)cc2)c(C)c1. The molecule has 0 aliphatic carbocycles. The second kappa shape index (κ2) is 6.87. The quantitative estimate of drug-likeness (QED) is 0.741. The Morgan fingerprint density at radius 3 is 2.23 bits per heavy atom. The number of rotatable bonds is 5. The molecule has 0 saturated carbocycles. The molecule has 0 radical (unpaired) electrons. The molecule has 7 nitrogen and oxygen atoms in total. The molecule has 0 fully saturated rings. The second-order valence-electron chi connectivity index (χ2n) is 6.40. The Kier molecular flexibility index (Phi) is 4.78. The summed E-state index contributed by atoms with van der Waals surface area (Å²) in [4.78, 5) is 0.264. The maximum Gasteiger partial charge on any atom is 0.175 e. The van der Waals surface area contributed by atoms with Gasteiger partial charge < -0.3 is 5.32 Å². The summed E-state index contributed by atoms with van der Waals surface area (Å²) in [6, 6.07) is 10.7. The van der Waals surface area contributed by atoms with Gasteiger partial charge in [0.05, 0.1) is 17.1 Å². The molecule has 136 valence electrons. The number of hydrogen-bond acceptors (Lipinski definition) is 6. The largest absolute Gasteiger partial charge is 0.377 e. The van der Waals surface area contributed by atoms with Crippen LogP contribution in [0.25, 0.3) is 5.69 Å². The summed E-state index contributed by atoms with van der Waals surface area (Å²) in [7, 11) is -3.23. The Morgan fingerprint density at radius 2 is 1.65 bits per heavy atom. The average Bonchev–Trinajstić information content (AvgIpc) is 3.01. The van der Waals surface area contributed by atoms with Gasteiger partial charge in [-0.15, -0.1) is 5.10 Å². The second-order valence-corrected chi connectivity index (χ2v) is 8.42. The summed E-state index contributed by atoms with van der Waals surface area (Å²) in [6.45, 7) is 6.65. The van der Waals surface area contributed by atoms with Crippen molar-refractivity contribution >= 4 is 15.5 Å². The Morgan fingerprint density at radius 1 is 1.04 bits per heavy atom. The van der Waals surface area contributed by atoms with Crippen molar-refractivity contribution in [1.29, 1.82) is 0 Å². The molecule has 0 spiro atoms. The number of nitrogens with one attached hydrogen (secondary N) is 1. The van der Waals surface area contributed by atoms with Crippen LogP contribution in [0.5, 0.6) is 0 Å². The van der Waals surface area contributed by atoms with Crippen LogP contribution in [0, 0.1) is 20.8 Å². The molecule has 1 heterocycles. The van der Waals surface area contributed by atoms with Gasteiger partial charge in [0.25, 0.3) is 0 Å². The molecule has 26 heavy (non-hydrogen) atoms. The van der Waals surface area contributed by atoms with Crippen LogP contribution in [0.2, 0.25) is 0 Å². The molecular weight excluding hydrogens is 350 g/mol. The summed E-state index contributed by atoms with van der Waals surface area (Å²) in [5.74, 6) is 0.636. The highest BCUT2D eigenvalue weighted by atomic mass is 32.2. The monoisotopic (exact) mass is 371 g/mol. The molecular formula is C18H21N5O2S. The van der Waals surface area contributed by atoms with Crippen molar-refractivity contribution in [2.75, 3.05) is 11.6 Å². The van der Waals surface area contributed by atoms with E-state index in [1.807, 2.05) is 0 Å². The van der Waals surface area contributed by atoms with Gasteiger partial charge in [-0.25, -0.2) is 8.42 Å². The van der Waals surface area contributed by atoms with Crippen molar-refractivity contribution in [2.45, 2.75) is 32.2 Å². The predicted octanol–water partition coefficient (Wildman–Crippen LogP) is 2.60. The zero-order valence-corrected chi connectivity index (χ0v) is 16.0. The van der Waals surface area contributed by atoms with Crippen LogP contribution in [0.1, 0.15) is 22.5 Å². The zero-order valence-electron chi connectivity index (χ0n) is 15.2. The highest BCUT2D eigenvalue weighted by molar-refractivity contribution is 7.90. The van der Waals surface area contributed by atoms with E-state index in [9.17, 15) is 8.42 Å². The average molecular weight is 371 g/mol. The molecule has 0 bridgehead atoms. The lowest BCUT2D eigenvalue weighted by molar-refractivity contribution is 0.602. The molecule has 1 aromatic heterocycles. The predicted molar refractivity (Wildman–Crippen MR) is 100 cm³/mol. The molecule has 2 aromatic carbocycles. The third-order valence-corrected chi connectivity index (χ3v) is 5.27. The smallest absolute Gasteiger partial charge is 0.175 e. The molecule has 3 rings (SSSR count). The number of hydrogen-bond donors (Lipinski definition) is 1. The van der Waals surface area contributed by atoms with Crippen LogP contribution in [0.3, 0.4) is 0 Å². The molecule has 0 unspecified atom stereocenters. The number of benzene rings is 2. The fourth-order valence-electron chi connectivity index (χ4n) is 2.98. The van der Waals surface area contributed by atoms with Crippen molar-refractivity contribution in [2.24, 2.45) is 0 Å². The van der Waals surface area contributed by atoms with Crippen molar-refractivity contribution in [3.8, 4) is 5.69 Å². The minimum absolute atomic E-state index is 0.264. The molecule has 0 aliphatic rings. The van der Waals surface area contributed by atoms with Crippen molar-refractivity contribution in [1.82, 2.24) is 20.2 Å². The van der Waals surface area contributed by atoms with Gasteiger partial charge >= 0.3 is 0 Å². The van der Waals surface area contributed by atoms with Gasteiger partial charge in [-0.1, -0.05) is 17.7 Å². The number of nitrogens with zero attached hydrogens (tertiary/aromatic N) is 4. The van der Waals surface area contributed by atoms with Crippen LogP contribution in [-0.4, -0.2) is 34.9 Å². The molecule has 0 aliphatic heterocycles. The van der Waals surface area contributed by atoms with Gasteiger partial charge in [0.15, 0.2) is 15.7 Å². The molecule has 0 saturated heterocycles. The number of aromatic nitrogens is 4. The lowest BCUT2D eigenvalue weighted by Crippen LogP contribution is -2.10. The molecule has 0 atom stereocenters. The van der Waals surface area contributed by atoms with E-state index in [0.29, 0.717) is 18.1 Å². The fraction of sp³-hybridized carbons (Fsp3) is 0.278. The number of aryl methyl sites for hydroxylation is 3. The topological polar surface area (TPSA) is 89.8 Å². The lowest BCUT2D eigenvalue weighted by Gasteiger charge is -2.13. The Bertz CT molecular complexity index is 1020. The summed E-state index contributed by atoms with van der Waals surface area (Å²) < 4.78 is 24.8. The standard InChI is InChI=1S/C18H21N5O2S/c1-12-9-13(2)18(14(3)10-12)19-11-17-20-21-22-23(17)15-5-7-16(8-6-15)26(4,24)25/h5-10,19H,11H2,1-4H3. The highest BCUT2D eigenvalue weighted by Crippen LogP contribution is 2.22. The van der Waals surface area contributed by atoms with Crippen LogP contribution < -0.4 is 5.32 Å². The van der Waals surface area contributed by atoms with Crippen LogP contribution in [-0.2, 0) is 16.4 Å². The molecule has 3 aromatic rings. The Labute approximate surface area is 153 Å². The Balaban J connectivity index is 1.84. The first kappa shape index (κ1) is 18.1. The van der Waals surface area contributed by atoms with E-state index in [4.69, 9.17) is 0 Å². The maximum absolute atomic E-state index is 11.6. The van der Waals surface area contributed by atoms with E-state index in [-0.39, 0.29) is 4.90 Å². The van der Waals surface area contributed by atoms with Crippen molar-refractivity contribution < 1.29 is 8.42 Å². The van der Waals surface area contributed by atoms with E-state index in [1.165, 1.54) is 22.9 Å². The van der Waals surface area contributed by atoms with E-state index in [0.717, 1.165) is 5.69 Å². The van der Waals surface area contributed by atoms with Gasteiger partial charge in [-0.05, 0) is 66.6 Å². The Hall–Kier alpha value is -2.74. The molecule has 8 heteroatoms. The maximum atomic E-state index is 11.6. The third-order valence-electron chi connectivity index (χ3n) is 4.14. The van der Waals surface area contributed by atoms with Gasteiger partial charge in [-0.3, -0.25) is 0 Å². The molecule has 0 amide bonds. The lowest BCUT2D eigenvalue weighted by atomic mass is 10.1. The van der Waals surface area contributed by atoms with Gasteiger partial charge in [0.2, 0.25) is 0 Å². The van der Waals surface area contributed by atoms with Crippen LogP contribution in [0.4, 0.5) is 5.69 Å². The van der Waals surface area contributed by atoms with Gasteiger partial charge in [0.1, 0.15) is 0 Å². The van der Waals surface area contributed by atoms with Gasteiger partial charge in [-0.2, -0.15) is 4.68 Å². The van der Waals surface area contributed by atoms with E-state index in [2.05, 4.69) is 53.7 Å².